The molecule has 0 unspecified atom stereocenters. The van der Waals surface area contributed by atoms with Crippen LogP contribution in [0.1, 0.15) is 25.7 Å². The van der Waals surface area contributed by atoms with Crippen LogP contribution in [0.3, 0.4) is 0 Å². The molecule has 6 nitrogen and oxygen atoms in total. The van der Waals surface area contributed by atoms with Crippen LogP contribution >= 0.6 is 0 Å². The summed E-state index contributed by atoms with van der Waals surface area (Å²) in [6, 6.07) is 3.48. The predicted molar refractivity (Wildman–Crippen MR) is 76.9 cm³/mol. The summed E-state index contributed by atoms with van der Waals surface area (Å²) in [5, 5.41) is 15.8. The van der Waals surface area contributed by atoms with Crippen molar-refractivity contribution in [3.05, 3.63) is 12.1 Å². The number of benzene rings is 1. The summed E-state index contributed by atoms with van der Waals surface area (Å²) in [7, 11) is 0. The lowest BCUT2D eigenvalue weighted by molar-refractivity contribution is -0.118. The third kappa shape index (κ3) is 2.27. The minimum absolute atomic E-state index is 0.0137. The van der Waals surface area contributed by atoms with Crippen LogP contribution in [0.25, 0.3) is 0 Å². The molecule has 20 heavy (non-hydrogen) atoms. The van der Waals surface area contributed by atoms with Crippen LogP contribution < -0.4 is 21.1 Å². The lowest BCUT2D eigenvalue weighted by Gasteiger charge is -2.31. The number of rotatable bonds is 3. The number of anilines is 3. The Morgan fingerprint density at radius 1 is 1.40 bits per heavy atom. The van der Waals surface area contributed by atoms with Gasteiger partial charge in [0, 0.05) is 6.07 Å². The van der Waals surface area contributed by atoms with Crippen LogP contribution in [0.2, 0.25) is 0 Å². The van der Waals surface area contributed by atoms with E-state index < -0.39 is 0 Å². The molecule has 5 N–H and O–H groups in total. The molecule has 1 saturated carbocycles. The van der Waals surface area contributed by atoms with E-state index in [1.54, 1.807) is 12.1 Å². The minimum Gasteiger partial charge on any atom is -0.482 e. The zero-order chi connectivity index (χ0) is 14.2. The first-order valence-corrected chi connectivity index (χ1v) is 6.87. The lowest BCUT2D eigenvalue weighted by atomic mass is 9.98. The summed E-state index contributed by atoms with van der Waals surface area (Å²) in [5.41, 5.74) is 7.63. The molecule has 0 aromatic heterocycles. The summed E-state index contributed by atoms with van der Waals surface area (Å²) < 4.78 is 5.32. The second kappa shape index (κ2) is 4.86. The van der Waals surface area contributed by atoms with Crippen LogP contribution in [0.4, 0.5) is 17.1 Å². The van der Waals surface area contributed by atoms with Gasteiger partial charge in [-0.3, -0.25) is 4.79 Å². The Morgan fingerprint density at radius 2 is 2.15 bits per heavy atom. The Balaban J connectivity index is 1.90. The van der Waals surface area contributed by atoms with Gasteiger partial charge in [0.1, 0.15) is 5.75 Å². The normalized spacial score (nSPS) is 19.9. The number of carbonyl (C=O) groups excluding carboxylic acids is 1. The number of hydrogen-bond acceptors (Lipinski definition) is 5. The molecule has 1 amide bonds. The van der Waals surface area contributed by atoms with Gasteiger partial charge in [0.25, 0.3) is 5.91 Å². The largest absolute Gasteiger partial charge is 0.482 e. The van der Waals surface area contributed by atoms with E-state index in [0.717, 1.165) is 31.4 Å². The standard InChI is InChI=1S/C14H19N3O3/c15-9-5-12-11(16-13(19)7-20-12)6-10(9)17-14(8-18)3-1-2-4-14/h5-6,17-18H,1-4,7-8,15H2,(H,16,19). The van der Waals surface area contributed by atoms with E-state index in [4.69, 9.17) is 10.5 Å². The molecule has 6 heteroatoms. The summed E-state index contributed by atoms with van der Waals surface area (Å²) in [5.74, 6) is 0.406. The van der Waals surface area contributed by atoms with Gasteiger partial charge in [-0.1, -0.05) is 12.8 Å². The third-order valence-electron chi connectivity index (χ3n) is 4.05. The first-order chi connectivity index (χ1) is 9.62. The van der Waals surface area contributed by atoms with Crippen LogP contribution in [0.5, 0.6) is 5.75 Å². The maximum atomic E-state index is 11.4. The first kappa shape index (κ1) is 13.1. The fourth-order valence-electron chi connectivity index (χ4n) is 2.91. The van der Waals surface area contributed by atoms with Gasteiger partial charge in [0.2, 0.25) is 0 Å². The average molecular weight is 277 g/mol. The van der Waals surface area contributed by atoms with Crippen molar-refractivity contribution in [1.82, 2.24) is 0 Å². The number of nitrogens with two attached hydrogens (primary N) is 1. The zero-order valence-electron chi connectivity index (χ0n) is 11.2. The first-order valence-electron chi connectivity index (χ1n) is 6.87. The molecular weight excluding hydrogens is 258 g/mol. The smallest absolute Gasteiger partial charge is 0.262 e. The second-order valence-electron chi connectivity index (χ2n) is 5.54. The van der Waals surface area contributed by atoms with Crippen molar-refractivity contribution in [3.8, 4) is 5.75 Å². The fourth-order valence-corrected chi connectivity index (χ4v) is 2.91. The summed E-state index contributed by atoms with van der Waals surface area (Å²) >= 11 is 0. The van der Waals surface area contributed by atoms with Gasteiger partial charge in [-0.25, -0.2) is 0 Å². The number of fused-ring (bicyclic) bond motifs is 1. The highest BCUT2D eigenvalue weighted by atomic mass is 16.5. The number of ether oxygens (including phenoxy) is 1. The van der Waals surface area contributed by atoms with Crippen molar-refractivity contribution in [2.24, 2.45) is 0 Å². The number of amides is 1. The molecule has 2 aliphatic rings. The molecule has 1 heterocycles. The fraction of sp³-hybridized carbons (Fsp3) is 0.500. The zero-order valence-corrected chi connectivity index (χ0v) is 11.2. The van der Waals surface area contributed by atoms with E-state index in [1.807, 2.05) is 0 Å². The molecule has 1 aromatic rings. The maximum absolute atomic E-state index is 11.4. The Bertz CT molecular complexity index is 539. The average Bonchev–Trinajstić information content (AvgIpc) is 2.89. The van der Waals surface area contributed by atoms with E-state index in [1.165, 1.54) is 0 Å². The summed E-state index contributed by atoms with van der Waals surface area (Å²) in [6.45, 7) is 0.0895. The maximum Gasteiger partial charge on any atom is 0.262 e. The second-order valence-corrected chi connectivity index (χ2v) is 5.54. The highest BCUT2D eigenvalue weighted by Gasteiger charge is 2.33. The van der Waals surface area contributed by atoms with Gasteiger partial charge in [-0.2, -0.15) is 0 Å². The van der Waals surface area contributed by atoms with Crippen molar-refractivity contribution < 1.29 is 14.6 Å². The SMILES string of the molecule is Nc1cc2c(cc1NC1(CO)CCCC1)NC(=O)CO2. The molecule has 0 bridgehead atoms. The van der Waals surface area contributed by atoms with E-state index in [2.05, 4.69) is 10.6 Å². The number of nitrogen functional groups attached to an aromatic ring is 1. The number of aliphatic hydroxyl groups excluding tert-OH is 1. The van der Waals surface area contributed by atoms with Crippen molar-refractivity contribution in [3.63, 3.8) is 0 Å². The number of aliphatic hydroxyl groups is 1. The van der Waals surface area contributed by atoms with Crippen molar-refractivity contribution >= 4 is 23.0 Å². The minimum atomic E-state index is -0.304. The molecule has 108 valence electrons. The Hall–Kier alpha value is -1.95. The quantitative estimate of drug-likeness (QED) is 0.625. The Morgan fingerprint density at radius 3 is 2.85 bits per heavy atom. The Labute approximate surface area is 117 Å². The molecule has 0 saturated heterocycles. The van der Waals surface area contributed by atoms with Gasteiger partial charge in [-0.05, 0) is 18.9 Å². The van der Waals surface area contributed by atoms with Gasteiger partial charge in [-0.15, -0.1) is 0 Å². The van der Waals surface area contributed by atoms with Crippen LogP contribution in [0, 0.1) is 0 Å². The molecule has 0 spiro atoms. The molecule has 1 aliphatic carbocycles. The molecule has 1 aliphatic heterocycles. The summed E-state index contributed by atoms with van der Waals surface area (Å²) in [6.07, 6.45) is 4.03. The highest BCUT2D eigenvalue weighted by Crippen LogP contribution is 2.39. The van der Waals surface area contributed by atoms with E-state index in [-0.39, 0.29) is 24.7 Å². The van der Waals surface area contributed by atoms with Crippen molar-refractivity contribution in [2.45, 2.75) is 31.2 Å². The third-order valence-corrected chi connectivity index (χ3v) is 4.05. The van der Waals surface area contributed by atoms with Gasteiger partial charge < -0.3 is 26.2 Å². The lowest BCUT2D eigenvalue weighted by Crippen LogP contribution is -2.39. The number of hydrogen-bond donors (Lipinski definition) is 4. The van der Waals surface area contributed by atoms with Gasteiger partial charge >= 0.3 is 0 Å². The van der Waals surface area contributed by atoms with Gasteiger partial charge in [0.15, 0.2) is 6.61 Å². The number of carbonyl (C=O) groups is 1. The molecule has 0 atom stereocenters. The number of nitrogens with one attached hydrogen (secondary N) is 2. The van der Waals surface area contributed by atoms with Crippen molar-refractivity contribution in [1.29, 1.82) is 0 Å². The highest BCUT2D eigenvalue weighted by molar-refractivity contribution is 5.97. The summed E-state index contributed by atoms with van der Waals surface area (Å²) in [4.78, 5) is 11.4. The van der Waals surface area contributed by atoms with E-state index in [0.29, 0.717) is 17.1 Å². The van der Waals surface area contributed by atoms with E-state index >= 15 is 0 Å². The van der Waals surface area contributed by atoms with Gasteiger partial charge in [0.05, 0.1) is 29.2 Å². The molecule has 1 aromatic carbocycles. The van der Waals surface area contributed by atoms with Crippen molar-refractivity contribution in [2.75, 3.05) is 29.6 Å². The van der Waals surface area contributed by atoms with Crippen LogP contribution in [-0.4, -0.2) is 29.8 Å². The van der Waals surface area contributed by atoms with Crippen LogP contribution in [0.15, 0.2) is 12.1 Å². The molecule has 3 rings (SSSR count). The molecular formula is C14H19N3O3. The van der Waals surface area contributed by atoms with E-state index in [9.17, 15) is 9.90 Å². The molecule has 0 radical (unpaired) electrons. The Kier molecular flexibility index (Phi) is 3.17. The molecule has 1 fully saturated rings. The topological polar surface area (TPSA) is 96.6 Å². The predicted octanol–water partition coefficient (Wildman–Crippen LogP) is 1.32. The van der Waals surface area contributed by atoms with Crippen LogP contribution in [-0.2, 0) is 4.79 Å². The monoisotopic (exact) mass is 277 g/mol.